The zero-order chi connectivity index (χ0) is 59.2. The van der Waals surface area contributed by atoms with Crippen LogP contribution in [0.25, 0.3) is 0 Å². The molecule has 1 aromatic heterocycles. The Balaban J connectivity index is 3.49. The fourth-order valence-electron chi connectivity index (χ4n) is 7.22. The number of thiol groups is 1. The van der Waals surface area contributed by atoms with Gasteiger partial charge in [0, 0.05) is 50.0 Å². The Kier molecular flexibility index (Phi) is 31.1. The molecule has 0 aliphatic rings. The number of carbonyl (C=O) groups is 11. The van der Waals surface area contributed by atoms with Gasteiger partial charge < -0.3 is 91.5 Å². The molecular formula is C46H79N17O14S. The lowest BCUT2D eigenvalue weighted by molar-refractivity contribution is -0.142. The van der Waals surface area contributed by atoms with E-state index in [9.17, 15) is 63.0 Å². The van der Waals surface area contributed by atoms with E-state index in [1.54, 1.807) is 27.7 Å². The molecule has 1 aromatic rings. The van der Waals surface area contributed by atoms with Crippen LogP contribution in [0.5, 0.6) is 0 Å². The number of aromatic nitrogens is 2. The average molecular weight is 1130 g/mol. The zero-order valence-corrected chi connectivity index (χ0v) is 45.3. The summed E-state index contributed by atoms with van der Waals surface area (Å²) in [6, 6.07) is -12.7. The molecule has 0 fully saturated rings. The summed E-state index contributed by atoms with van der Waals surface area (Å²) in [6.07, 6.45) is 0.636. The number of nitrogens with two attached hydrogens (primary N) is 5. The van der Waals surface area contributed by atoms with Crippen LogP contribution in [0.1, 0.15) is 105 Å². The first-order valence-corrected chi connectivity index (χ1v) is 25.7. The predicted octanol–water partition coefficient (Wildman–Crippen LogP) is -4.88. The molecule has 9 atom stereocenters. The van der Waals surface area contributed by atoms with Crippen molar-refractivity contribution < 1.29 is 68.1 Å². The minimum absolute atomic E-state index is 0.0237. The number of amides is 8. The molecule has 0 saturated carbocycles. The molecular weight excluding hydrogens is 1050 g/mol. The molecule has 0 radical (unpaired) electrons. The average Bonchev–Trinajstić information content (AvgIpc) is 3.87. The van der Waals surface area contributed by atoms with E-state index in [4.69, 9.17) is 33.8 Å². The minimum atomic E-state index is -1.67. The standard InChI is InChI=1S/C46H79N17O14S/c1-22(2)16-30(60-37(69)26(47)10-12-34(64)65)41(73)58-28(9-7-15-54-46(50)51)39(71)61-31(17-23(3)4)42(74)57-27(8-6-14-53-45(48)49)38(70)59-29(11-13-35(66)67)40(72)63-33(20-78)43(75)56-24(5)36(68)62-32(44(76)77)18-25-19-52-21-55-25/h19,21-24,26-33,78H,6-18,20,47H2,1-5H3,(H,52,55)(H,56,75)(H,57,74)(H,58,73)(H,59,70)(H,60,69)(H,61,71)(H,62,68)(H,63,72)(H,64,65)(H,66,67)(H,76,77)(H4,48,49,53)(H4,50,51,54)/t24-,26-,27-,28-,29-,30-,31-,32-,33-/m0/s1. The second-order valence-corrected chi connectivity index (χ2v) is 19.5. The normalized spacial score (nSPS) is 14.5. The number of guanidine groups is 2. The van der Waals surface area contributed by atoms with E-state index in [-0.39, 0.29) is 94.0 Å². The van der Waals surface area contributed by atoms with Crippen LogP contribution in [-0.2, 0) is 59.2 Å². The Labute approximate surface area is 456 Å². The van der Waals surface area contributed by atoms with Crippen LogP contribution in [0, 0.1) is 11.8 Å². The van der Waals surface area contributed by atoms with Crippen molar-refractivity contribution in [2.45, 2.75) is 160 Å². The maximum Gasteiger partial charge on any atom is 0.326 e. The van der Waals surface area contributed by atoms with Crippen molar-refractivity contribution in [2.75, 3.05) is 18.8 Å². The van der Waals surface area contributed by atoms with Crippen molar-refractivity contribution in [3.05, 3.63) is 18.2 Å². The summed E-state index contributed by atoms with van der Waals surface area (Å²) < 4.78 is 0. The highest BCUT2D eigenvalue weighted by atomic mass is 32.1. The van der Waals surface area contributed by atoms with Crippen LogP contribution in [-0.4, -0.2) is 176 Å². The quantitative estimate of drug-likeness (QED) is 0.0128. The fourth-order valence-corrected chi connectivity index (χ4v) is 7.48. The van der Waals surface area contributed by atoms with E-state index in [0.717, 1.165) is 0 Å². The molecule has 8 amide bonds. The SMILES string of the molecule is CC(C)C[C@H](NC(=O)[C@H](CCCN=C(N)N)NC(=O)[C@H](CC(C)C)NC(=O)[C@@H](N)CCC(=O)O)C(=O)N[C@@H](CCCN=C(N)N)C(=O)N[C@@H](CCC(=O)O)C(=O)N[C@@H](CS)C(=O)N[C@@H](C)C(=O)N[C@@H](Cc1cnc[nH]1)C(=O)O. The number of aliphatic carboxylic acids is 3. The van der Waals surface area contributed by atoms with E-state index in [0.29, 0.717) is 5.69 Å². The second kappa shape index (κ2) is 35.5. The van der Waals surface area contributed by atoms with Gasteiger partial charge in [-0.15, -0.1) is 0 Å². The molecule has 438 valence electrons. The number of carboxylic acids is 3. The second-order valence-electron chi connectivity index (χ2n) is 19.1. The molecule has 0 spiro atoms. The van der Waals surface area contributed by atoms with Gasteiger partial charge in [-0.3, -0.25) is 57.9 Å². The van der Waals surface area contributed by atoms with Gasteiger partial charge in [0.15, 0.2) is 11.9 Å². The number of imidazole rings is 1. The molecule has 0 bridgehead atoms. The number of nitrogens with zero attached hydrogens (tertiary/aromatic N) is 3. The Hall–Kier alpha value is -7.77. The maximum absolute atomic E-state index is 14.3. The van der Waals surface area contributed by atoms with Crippen molar-refractivity contribution in [1.82, 2.24) is 52.5 Å². The summed E-state index contributed by atoms with van der Waals surface area (Å²) in [5.41, 5.74) is 28.2. The first-order chi connectivity index (χ1) is 36.5. The summed E-state index contributed by atoms with van der Waals surface area (Å²) in [4.78, 5) is 159. The molecule has 0 aliphatic heterocycles. The van der Waals surface area contributed by atoms with Gasteiger partial charge in [0.1, 0.15) is 48.3 Å². The highest BCUT2D eigenvalue weighted by molar-refractivity contribution is 7.80. The Bertz CT molecular complexity index is 2240. The lowest BCUT2D eigenvalue weighted by atomic mass is 10.00. The molecule has 0 aliphatic carbocycles. The van der Waals surface area contributed by atoms with Gasteiger partial charge in [-0.05, 0) is 70.1 Å². The van der Waals surface area contributed by atoms with Crippen LogP contribution in [0.3, 0.4) is 0 Å². The van der Waals surface area contributed by atoms with Crippen molar-refractivity contribution in [2.24, 2.45) is 50.5 Å². The van der Waals surface area contributed by atoms with E-state index in [2.05, 4.69) is 75.1 Å². The molecule has 78 heavy (non-hydrogen) atoms. The largest absolute Gasteiger partial charge is 0.481 e. The molecule has 22 N–H and O–H groups in total. The van der Waals surface area contributed by atoms with Crippen molar-refractivity contribution in [1.29, 1.82) is 0 Å². The molecule has 1 rings (SSSR count). The number of aliphatic imine (C=N–C) groups is 2. The van der Waals surface area contributed by atoms with E-state index < -0.39 is 139 Å². The van der Waals surface area contributed by atoms with Crippen molar-refractivity contribution in [3.8, 4) is 0 Å². The number of carboxylic acid groups (broad SMARTS) is 3. The third kappa shape index (κ3) is 27.8. The lowest BCUT2D eigenvalue weighted by Gasteiger charge is -2.28. The first-order valence-electron chi connectivity index (χ1n) is 25.1. The zero-order valence-electron chi connectivity index (χ0n) is 44.4. The summed E-state index contributed by atoms with van der Waals surface area (Å²) in [5, 5.41) is 48.1. The van der Waals surface area contributed by atoms with Crippen LogP contribution in [0.2, 0.25) is 0 Å². The fraction of sp³-hybridized carbons (Fsp3) is 0.652. The number of carbonyl (C=O) groups excluding carboxylic acids is 8. The summed E-state index contributed by atoms with van der Waals surface area (Å²) >= 11 is 4.14. The van der Waals surface area contributed by atoms with Crippen LogP contribution >= 0.6 is 12.6 Å². The van der Waals surface area contributed by atoms with Gasteiger partial charge in [-0.1, -0.05) is 27.7 Å². The number of H-pyrrole nitrogens is 1. The van der Waals surface area contributed by atoms with Crippen LogP contribution in [0.4, 0.5) is 0 Å². The van der Waals surface area contributed by atoms with Gasteiger partial charge in [0.2, 0.25) is 47.3 Å². The van der Waals surface area contributed by atoms with Gasteiger partial charge in [0.25, 0.3) is 0 Å². The van der Waals surface area contributed by atoms with Crippen molar-refractivity contribution >= 4 is 89.7 Å². The number of hydrogen-bond acceptors (Lipinski definition) is 16. The molecule has 0 saturated heterocycles. The molecule has 0 aromatic carbocycles. The predicted molar refractivity (Wildman–Crippen MR) is 285 cm³/mol. The van der Waals surface area contributed by atoms with Gasteiger partial charge in [-0.25, -0.2) is 9.78 Å². The number of nitrogens with one attached hydrogen (secondary N) is 9. The van der Waals surface area contributed by atoms with Gasteiger partial charge in [-0.2, -0.15) is 12.6 Å². The maximum atomic E-state index is 14.3. The van der Waals surface area contributed by atoms with E-state index >= 15 is 0 Å². The minimum Gasteiger partial charge on any atom is -0.481 e. The smallest absolute Gasteiger partial charge is 0.326 e. The topological polar surface area (TPSA) is 528 Å². The first kappa shape index (κ1) is 68.2. The van der Waals surface area contributed by atoms with Gasteiger partial charge in [0.05, 0.1) is 12.4 Å². The summed E-state index contributed by atoms with van der Waals surface area (Å²) in [7, 11) is 0. The Morgan fingerprint density at radius 2 is 0.923 bits per heavy atom. The third-order valence-electron chi connectivity index (χ3n) is 11.3. The van der Waals surface area contributed by atoms with Crippen LogP contribution in [0.15, 0.2) is 22.5 Å². The number of rotatable bonds is 38. The van der Waals surface area contributed by atoms with Crippen LogP contribution < -0.4 is 71.2 Å². The number of hydrogen-bond donors (Lipinski definition) is 18. The van der Waals surface area contributed by atoms with E-state index in [1.165, 1.54) is 19.4 Å². The summed E-state index contributed by atoms with van der Waals surface area (Å²) in [6.45, 7) is 8.25. The summed E-state index contributed by atoms with van der Waals surface area (Å²) in [5.74, 6) is -12.6. The highest BCUT2D eigenvalue weighted by Gasteiger charge is 2.35. The Morgan fingerprint density at radius 1 is 0.538 bits per heavy atom. The molecule has 31 nitrogen and oxygen atoms in total. The molecule has 32 heteroatoms. The third-order valence-corrected chi connectivity index (χ3v) is 11.6. The van der Waals surface area contributed by atoms with Gasteiger partial charge >= 0.3 is 17.9 Å². The lowest BCUT2D eigenvalue weighted by Crippen LogP contribution is -2.60. The number of aromatic amines is 1. The van der Waals surface area contributed by atoms with E-state index in [1.807, 2.05) is 0 Å². The molecule has 0 unspecified atom stereocenters. The Morgan fingerprint density at radius 3 is 1.32 bits per heavy atom. The monoisotopic (exact) mass is 1130 g/mol. The molecule has 1 heterocycles. The highest BCUT2D eigenvalue weighted by Crippen LogP contribution is 2.12. The van der Waals surface area contributed by atoms with Crippen molar-refractivity contribution in [3.63, 3.8) is 0 Å².